The molecule has 6 heteroatoms. The van der Waals surface area contributed by atoms with E-state index in [0.29, 0.717) is 19.7 Å². The molecule has 0 saturated heterocycles. The summed E-state index contributed by atoms with van der Waals surface area (Å²) < 4.78 is 7.30. The molecule has 0 saturated carbocycles. The second-order valence-corrected chi connectivity index (χ2v) is 5.31. The fourth-order valence-electron chi connectivity index (χ4n) is 1.41. The summed E-state index contributed by atoms with van der Waals surface area (Å²) in [4.78, 5) is 11.1. The molecule has 18 heavy (non-hydrogen) atoms. The number of carbonyl (C=O) groups is 1. The summed E-state index contributed by atoms with van der Waals surface area (Å²) in [5, 5.41) is 5.62. The van der Waals surface area contributed by atoms with Crippen molar-refractivity contribution in [3.63, 3.8) is 0 Å². The van der Waals surface area contributed by atoms with Crippen LogP contribution in [-0.2, 0) is 11.3 Å². The Morgan fingerprint density at radius 2 is 1.94 bits per heavy atom. The predicted molar refractivity (Wildman–Crippen MR) is 78.8 cm³/mol. The van der Waals surface area contributed by atoms with Gasteiger partial charge in [0.15, 0.2) is 0 Å². The second kappa shape index (κ2) is 7.76. The maximum absolute atomic E-state index is 11.1. The van der Waals surface area contributed by atoms with Crippen molar-refractivity contribution in [2.75, 3.05) is 20.2 Å². The average molecular weight is 380 g/mol. The van der Waals surface area contributed by atoms with E-state index in [1.54, 1.807) is 7.05 Å². The molecule has 1 rings (SSSR count). The predicted octanol–water partition coefficient (Wildman–Crippen LogP) is 2.45. The molecule has 0 radical (unpaired) electrons. The van der Waals surface area contributed by atoms with E-state index in [4.69, 9.17) is 4.74 Å². The zero-order valence-electron chi connectivity index (χ0n) is 10.3. The lowest BCUT2D eigenvalue weighted by atomic mass is 10.2. The third-order valence-corrected chi connectivity index (χ3v) is 3.42. The van der Waals surface area contributed by atoms with Crippen molar-refractivity contribution >= 4 is 37.8 Å². The van der Waals surface area contributed by atoms with E-state index in [0.717, 1.165) is 20.3 Å². The van der Waals surface area contributed by atoms with Crippen molar-refractivity contribution in [2.45, 2.75) is 13.5 Å². The number of amides is 1. The zero-order chi connectivity index (χ0) is 13.5. The first-order valence-electron chi connectivity index (χ1n) is 5.60. The molecule has 0 aliphatic heterocycles. The summed E-state index contributed by atoms with van der Waals surface area (Å²) in [6, 6.07) is 3.96. The molecule has 0 heterocycles. The Morgan fingerprint density at radius 3 is 2.44 bits per heavy atom. The van der Waals surface area contributed by atoms with Gasteiger partial charge in [0, 0.05) is 13.6 Å². The van der Waals surface area contributed by atoms with Crippen LogP contribution in [0.3, 0.4) is 0 Å². The lowest BCUT2D eigenvalue weighted by Gasteiger charge is -2.11. The van der Waals surface area contributed by atoms with Gasteiger partial charge in [0.2, 0.25) is 5.91 Å². The van der Waals surface area contributed by atoms with Gasteiger partial charge >= 0.3 is 0 Å². The van der Waals surface area contributed by atoms with Gasteiger partial charge < -0.3 is 15.4 Å². The smallest absolute Gasteiger partial charge is 0.233 e. The summed E-state index contributed by atoms with van der Waals surface area (Å²) in [7, 11) is 1.62. The molecule has 1 amide bonds. The van der Waals surface area contributed by atoms with Gasteiger partial charge in [0.25, 0.3) is 0 Å². The fourth-order valence-corrected chi connectivity index (χ4v) is 2.92. The summed E-state index contributed by atoms with van der Waals surface area (Å²) in [6.45, 7) is 3.49. The minimum Gasteiger partial charge on any atom is -0.492 e. The number of benzene rings is 1. The SMILES string of the molecule is CCOc1c(Br)cc(CNCC(=O)NC)cc1Br. The van der Waals surface area contributed by atoms with Gasteiger partial charge in [0.05, 0.1) is 22.1 Å². The maximum atomic E-state index is 11.1. The van der Waals surface area contributed by atoms with E-state index < -0.39 is 0 Å². The van der Waals surface area contributed by atoms with Crippen molar-refractivity contribution < 1.29 is 9.53 Å². The van der Waals surface area contributed by atoms with Crippen LogP contribution in [0.5, 0.6) is 5.75 Å². The first-order chi connectivity index (χ1) is 8.58. The molecular formula is C12H16Br2N2O2. The van der Waals surface area contributed by atoms with Crippen LogP contribution in [0.4, 0.5) is 0 Å². The van der Waals surface area contributed by atoms with E-state index >= 15 is 0 Å². The lowest BCUT2D eigenvalue weighted by molar-refractivity contribution is -0.119. The number of ether oxygens (including phenoxy) is 1. The Morgan fingerprint density at radius 1 is 1.33 bits per heavy atom. The van der Waals surface area contributed by atoms with Crippen LogP contribution < -0.4 is 15.4 Å². The molecule has 4 nitrogen and oxygen atoms in total. The Kier molecular flexibility index (Phi) is 6.67. The van der Waals surface area contributed by atoms with Crippen LogP contribution in [0.2, 0.25) is 0 Å². The molecule has 100 valence electrons. The van der Waals surface area contributed by atoms with E-state index in [2.05, 4.69) is 42.5 Å². The number of likely N-dealkylation sites (N-methyl/N-ethyl adjacent to an activating group) is 1. The first-order valence-corrected chi connectivity index (χ1v) is 7.19. The van der Waals surface area contributed by atoms with Crippen LogP contribution in [0, 0.1) is 0 Å². The number of nitrogens with one attached hydrogen (secondary N) is 2. The van der Waals surface area contributed by atoms with Crippen LogP contribution in [0.15, 0.2) is 21.1 Å². The number of carbonyl (C=O) groups excluding carboxylic acids is 1. The highest BCUT2D eigenvalue weighted by molar-refractivity contribution is 9.11. The highest BCUT2D eigenvalue weighted by Crippen LogP contribution is 2.34. The molecule has 0 bridgehead atoms. The molecule has 0 aromatic heterocycles. The van der Waals surface area contributed by atoms with E-state index in [1.165, 1.54) is 0 Å². The molecule has 0 unspecified atom stereocenters. The summed E-state index contributed by atoms with van der Waals surface area (Å²) in [5.41, 5.74) is 1.07. The van der Waals surface area contributed by atoms with Gasteiger partial charge in [0.1, 0.15) is 5.75 Å². The van der Waals surface area contributed by atoms with Crippen molar-refractivity contribution in [2.24, 2.45) is 0 Å². The largest absolute Gasteiger partial charge is 0.492 e. The number of rotatable bonds is 6. The van der Waals surface area contributed by atoms with Crippen molar-refractivity contribution in [3.8, 4) is 5.75 Å². The average Bonchev–Trinajstić information content (AvgIpc) is 2.33. The quantitative estimate of drug-likeness (QED) is 0.798. The van der Waals surface area contributed by atoms with Crippen molar-refractivity contribution in [1.29, 1.82) is 0 Å². The number of hydrogen-bond acceptors (Lipinski definition) is 3. The molecule has 2 N–H and O–H groups in total. The summed E-state index contributed by atoms with van der Waals surface area (Å²) in [6.07, 6.45) is 0. The van der Waals surface area contributed by atoms with E-state index in [1.807, 2.05) is 19.1 Å². The number of hydrogen-bond donors (Lipinski definition) is 2. The van der Waals surface area contributed by atoms with Gasteiger partial charge in [-0.3, -0.25) is 4.79 Å². The summed E-state index contributed by atoms with van der Waals surface area (Å²) >= 11 is 6.94. The van der Waals surface area contributed by atoms with Crippen LogP contribution >= 0.6 is 31.9 Å². The number of halogens is 2. The lowest BCUT2D eigenvalue weighted by Crippen LogP contribution is -2.30. The molecule has 1 aromatic carbocycles. The highest BCUT2D eigenvalue weighted by atomic mass is 79.9. The molecule has 0 spiro atoms. The maximum Gasteiger partial charge on any atom is 0.233 e. The third kappa shape index (κ3) is 4.59. The van der Waals surface area contributed by atoms with Gasteiger partial charge in [-0.1, -0.05) is 0 Å². The van der Waals surface area contributed by atoms with E-state index in [-0.39, 0.29) is 5.91 Å². The fraction of sp³-hybridized carbons (Fsp3) is 0.417. The van der Waals surface area contributed by atoms with Gasteiger partial charge in [-0.05, 0) is 56.5 Å². The molecule has 1 aromatic rings. The Balaban J connectivity index is 2.65. The first kappa shape index (κ1) is 15.5. The van der Waals surface area contributed by atoms with Gasteiger partial charge in [-0.2, -0.15) is 0 Å². The van der Waals surface area contributed by atoms with Gasteiger partial charge in [-0.25, -0.2) is 0 Å². The van der Waals surface area contributed by atoms with Crippen LogP contribution in [0.1, 0.15) is 12.5 Å². The standard InChI is InChI=1S/C12H16Br2N2O2/c1-3-18-12-9(13)4-8(5-10(12)14)6-16-7-11(17)15-2/h4-5,16H,3,6-7H2,1-2H3,(H,15,17). The topological polar surface area (TPSA) is 50.4 Å². The monoisotopic (exact) mass is 378 g/mol. The minimum atomic E-state index is -0.0286. The Hall–Kier alpha value is -0.590. The normalized spacial score (nSPS) is 10.2. The Bertz CT molecular complexity index is 402. The molecule has 0 atom stereocenters. The summed E-state index contributed by atoms with van der Waals surface area (Å²) in [5.74, 6) is 0.770. The zero-order valence-corrected chi connectivity index (χ0v) is 13.5. The Labute approximate surface area is 124 Å². The van der Waals surface area contributed by atoms with E-state index in [9.17, 15) is 4.79 Å². The molecule has 0 aliphatic carbocycles. The van der Waals surface area contributed by atoms with Gasteiger partial charge in [-0.15, -0.1) is 0 Å². The molecule has 0 fully saturated rings. The molecule has 0 aliphatic rings. The van der Waals surface area contributed by atoms with Crippen LogP contribution in [-0.4, -0.2) is 26.1 Å². The second-order valence-electron chi connectivity index (χ2n) is 3.60. The molecular weight excluding hydrogens is 364 g/mol. The van der Waals surface area contributed by atoms with Crippen LogP contribution in [0.25, 0.3) is 0 Å². The highest BCUT2D eigenvalue weighted by Gasteiger charge is 2.08. The third-order valence-electron chi connectivity index (χ3n) is 2.24. The minimum absolute atomic E-state index is 0.0286. The van der Waals surface area contributed by atoms with Crippen molar-refractivity contribution in [1.82, 2.24) is 10.6 Å². The van der Waals surface area contributed by atoms with Crippen molar-refractivity contribution in [3.05, 3.63) is 26.6 Å².